The zero-order chi connectivity index (χ0) is 80.3. The van der Waals surface area contributed by atoms with Crippen molar-refractivity contribution in [3.8, 4) is 0 Å². The van der Waals surface area contributed by atoms with E-state index in [1.165, 1.54) is 51.4 Å². The summed E-state index contributed by atoms with van der Waals surface area (Å²) in [5.74, 6) is -2.36. The van der Waals surface area contributed by atoms with E-state index in [-0.39, 0.29) is 25.7 Å². The fourth-order valence-electron chi connectivity index (χ4n) is 10.4. The number of aliphatic hydroxyl groups is 1. The molecule has 3 N–H and O–H groups in total. The van der Waals surface area contributed by atoms with Gasteiger partial charge >= 0.3 is 39.5 Å². The molecule has 0 saturated carbocycles. The molecule has 0 amide bonds. The van der Waals surface area contributed by atoms with Crippen LogP contribution in [0.5, 0.6) is 0 Å². The van der Waals surface area contributed by atoms with Crippen molar-refractivity contribution in [2.75, 3.05) is 39.6 Å². The van der Waals surface area contributed by atoms with E-state index in [4.69, 9.17) is 37.0 Å². The Labute approximate surface area is 666 Å². The van der Waals surface area contributed by atoms with Crippen LogP contribution in [0.2, 0.25) is 0 Å². The highest BCUT2D eigenvalue weighted by Crippen LogP contribution is 2.45. The molecular weight excluding hydrogens is 1430 g/mol. The van der Waals surface area contributed by atoms with Crippen molar-refractivity contribution >= 4 is 39.5 Å². The molecule has 2 unspecified atom stereocenters. The average molecular weight is 1570 g/mol. The molecular formula is C91H146O17P2. The highest BCUT2D eigenvalue weighted by Gasteiger charge is 2.30. The lowest BCUT2D eigenvalue weighted by Gasteiger charge is -2.21. The number of ether oxygens (including phenoxy) is 4. The van der Waals surface area contributed by atoms with Crippen molar-refractivity contribution < 1.29 is 80.2 Å². The summed E-state index contributed by atoms with van der Waals surface area (Å²) in [6.07, 6.45) is 99.9. The van der Waals surface area contributed by atoms with Gasteiger partial charge in [-0.25, -0.2) is 9.13 Å². The lowest BCUT2D eigenvalue weighted by Crippen LogP contribution is -2.30. The Balaban J connectivity index is 5.51. The number of aliphatic hydroxyl groups excluding tert-OH is 1. The number of esters is 4. The summed E-state index contributed by atoms with van der Waals surface area (Å²) in [6.45, 7) is 4.36. The van der Waals surface area contributed by atoms with Gasteiger partial charge < -0.3 is 33.8 Å². The molecule has 0 saturated heterocycles. The Hall–Kier alpha value is -6.10. The number of rotatable bonds is 76. The fourth-order valence-corrected chi connectivity index (χ4v) is 11.9. The standard InChI is InChI=1S/C91H146O17P2/c1-5-9-13-17-21-25-29-33-36-39-42-45-48-52-55-59-63-67-71-75-88(93)101-81-86(107-90(95)77-73-69-65-61-57-51-32-28-24-20-16-12-8-4)83-105-109(97,98)103-79-85(92)80-104-110(99,100)106-84-87(108-91(96)78-74-70-66-62-58-54-50-47-44-41-38-35-31-27-23-19-15-11-7-3)82-102-89(94)76-72-68-64-60-56-53-49-46-43-40-37-34-30-26-22-18-14-10-6-2/h9-11,13-15,21-23,25-27,33-38,42-47,52-56,58,63,67,85-87,92H,5-8,12,16-20,24,28-32,39-41,48-51,57,59-62,64-66,68-84H2,1-4H3,(H,97,98)(H,99,100)/b13-9-,14-10-,15-11-,25-21-,26-22-,27-23-,36-33-,37-34-,38-35-,45-42-,46-43-,47-44-,55-52-,56-53-,58-54-,67-63-/t85-,86-,87-/m1/s1. The number of hydrogen-bond acceptors (Lipinski definition) is 15. The zero-order valence-corrected chi connectivity index (χ0v) is 69.9. The minimum Gasteiger partial charge on any atom is -0.462 e. The SMILES string of the molecule is CC/C=C\C/C=C\C/C=C\C/C=C\C/C=C\C/C=C\CCC(=O)OC[C@H](COP(=O)(O)OC[C@@H](O)COP(=O)(O)OC[C@@H](COC(=O)CCCCC/C=C\C/C=C\C/C=C\C/C=C\C/C=C\CC)OC(=O)CCCCC/C=C\C/C=C\C/C=C\C/C=C\C/C=C\CC)OC(=O)CCCCCCCCCCCCCCC. The first kappa shape index (κ1) is 104. The minimum absolute atomic E-state index is 0.0302. The van der Waals surface area contributed by atoms with E-state index in [0.717, 1.165) is 161 Å². The van der Waals surface area contributed by atoms with Gasteiger partial charge in [0.2, 0.25) is 0 Å². The molecule has 17 nitrogen and oxygen atoms in total. The third kappa shape index (κ3) is 80.0. The van der Waals surface area contributed by atoms with Gasteiger partial charge in [0.15, 0.2) is 12.2 Å². The summed E-state index contributed by atoms with van der Waals surface area (Å²) in [4.78, 5) is 73.2. The molecule has 0 radical (unpaired) electrons. The average Bonchev–Trinajstić information content (AvgIpc) is 0.942. The molecule has 0 rings (SSSR count). The Bertz CT molecular complexity index is 2850. The Morgan fingerprint density at radius 2 is 0.491 bits per heavy atom. The summed E-state index contributed by atoms with van der Waals surface area (Å²) < 4.78 is 68.6. The first-order chi connectivity index (χ1) is 53.7. The molecule has 0 aromatic carbocycles. The van der Waals surface area contributed by atoms with E-state index >= 15 is 0 Å². The Morgan fingerprint density at radius 3 is 0.782 bits per heavy atom. The smallest absolute Gasteiger partial charge is 0.462 e. The van der Waals surface area contributed by atoms with E-state index in [2.05, 4.69) is 204 Å². The van der Waals surface area contributed by atoms with Crippen molar-refractivity contribution in [3.63, 3.8) is 0 Å². The molecule has 0 fully saturated rings. The van der Waals surface area contributed by atoms with Crippen LogP contribution >= 0.6 is 15.6 Å². The van der Waals surface area contributed by atoms with Gasteiger partial charge in [-0.1, -0.05) is 312 Å². The highest BCUT2D eigenvalue weighted by molar-refractivity contribution is 7.47. The monoisotopic (exact) mass is 1570 g/mol. The van der Waals surface area contributed by atoms with Gasteiger partial charge in [0.1, 0.15) is 19.3 Å². The molecule has 622 valence electrons. The Kier molecular flexibility index (Phi) is 76.4. The molecule has 110 heavy (non-hydrogen) atoms. The van der Waals surface area contributed by atoms with Gasteiger partial charge in [-0.3, -0.25) is 37.3 Å². The molecule has 0 aliphatic heterocycles. The molecule has 0 bridgehead atoms. The maximum absolute atomic E-state index is 13.1. The lowest BCUT2D eigenvalue weighted by molar-refractivity contribution is -0.161. The zero-order valence-electron chi connectivity index (χ0n) is 68.1. The van der Waals surface area contributed by atoms with Crippen LogP contribution in [0.25, 0.3) is 0 Å². The quantitative estimate of drug-likeness (QED) is 0.0169. The van der Waals surface area contributed by atoms with Crippen LogP contribution in [0.15, 0.2) is 194 Å². The summed E-state index contributed by atoms with van der Waals surface area (Å²) in [5, 5.41) is 10.7. The predicted octanol–water partition coefficient (Wildman–Crippen LogP) is 24.9. The van der Waals surface area contributed by atoms with Crippen LogP contribution in [0.1, 0.15) is 297 Å². The van der Waals surface area contributed by atoms with Gasteiger partial charge in [-0.05, 0) is 154 Å². The number of phosphoric acid groups is 2. The first-order valence-corrected chi connectivity index (χ1v) is 44.7. The van der Waals surface area contributed by atoms with Crippen molar-refractivity contribution in [2.24, 2.45) is 0 Å². The van der Waals surface area contributed by atoms with Crippen molar-refractivity contribution in [3.05, 3.63) is 194 Å². The number of carbonyl (C=O) groups is 4. The van der Waals surface area contributed by atoms with Crippen LogP contribution in [0.3, 0.4) is 0 Å². The van der Waals surface area contributed by atoms with Gasteiger partial charge in [-0.15, -0.1) is 0 Å². The maximum Gasteiger partial charge on any atom is 0.472 e. The van der Waals surface area contributed by atoms with Gasteiger partial charge in [0.25, 0.3) is 0 Å². The largest absolute Gasteiger partial charge is 0.472 e. The third-order valence-corrected chi connectivity index (χ3v) is 18.5. The van der Waals surface area contributed by atoms with Crippen LogP contribution in [0.4, 0.5) is 0 Å². The van der Waals surface area contributed by atoms with Crippen LogP contribution < -0.4 is 0 Å². The first-order valence-electron chi connectivity index (χ1n) is 41.7. The van der Waals surface area contributed by atoms with E-state index in [1.807, 2.05) is 18.2 Å². The van der Waals surface area contributed by atoms with E-state index in [1.54, 1.807) is 0 Å². The number of carbonyl (C=O) groups excluding carboxylic acids is 4. The van der Waals surface area contributed by atoms with Crippen molar-refractivity contribution in [2.45, 2.75) is 316 Å². The summed E-state index contributed by atoms with van der Waals surface area (Å²) in [5.41, 5.74) is 0. The summed E-state index contributed by atoms with van der Waals surface area (Å²) >= 11 is 0. The normalized spacial score (nSPS) is 14.8. The summed E-state index contributed by atoms with van der Waals surface area (Å²) in [6, 6.07) is 0. The van der Waals surface area contributed by atoms with Gasteiger partial charge in [-0.2, -0.15) is 0 Å². The third-order valence-electron chi connectivity index (χ3n) is 16.6. The number of unbranched alkanes of at least 4 members (excludes halogenated alkanes) is 18. The summed E-state index contributed by atoms with van der Waals surface area (Å²) in [7, 11) is -10.0. The van der Waals surface area contributed by atoms with Gasteiger partial charge in [0, 0.05) is 25.7 Å². The molecule has 5 atom stereocenters. The maximum atomic E-state index is 13.1. The van der Waals surface area contributed by atoms with Crippen LogP contribution in [-0.4, -0.2) is 96.7 Å². The molecule has 0 aromatic heterocycles. The van der Waals surface area contributed by atoms with E-state index in [9.17, 15) is 43.2 Å². The molecule has 0 aliphatic rings. The minimum atomic E-state index is -5.01. The molecule has 0 aromatic rings. The van der Waals surface area contributed by atoms with E-state index in [0.29, 0.717) is 32.1 Å². The lowest BCUT2D eigenvalue weighted by atomic mass is 10.0. The fraction of sp³-hybridized carbons (Fsp3) is 0.604. The highest BCUT2D eigenvalue weighted by atomic mass is 31.2. The number of phosphoric ester groups is 2. The Morgan fingerprint density at radius 1 is 0.264 bits per heavy atom. The van der Waals surface area contributed by atoms with Gasteiger partial charge in [0.05, 0.1) is 26.4 Å². The van der Waals surface area contributed by atoms with Crippen LogP contribution in [0, 0.1) is 0 Å². The molecule has 0 heterocycles. The number of hydrogen-bond donors (Lipinski definition) is 3. The molecule has 19 heteroatoms. The molecule has 0 aliphatic carbocycles. The second-order valence-corrected chi connectivity index (χ2v) is 29.8. The second kappa shape index (κ2) is 80.9. The van der Waals surface area contributed by atoms with Crippen molar-refractivity contribution in [1.29, 1.82) is 0 Å². The topological polar surface area (TPSA) is 237 Å². The predicted molar refractivity (Wildman–Crippen MR) is 454 cm³/mol. The van der Waals surface area contributed by atoms with Crippen LogP contribution in [-0.2, 0) is 65.4 Å². The molecule has 0 spiro atoms. The number of allylic oxidation sites excluding steroid dienone is 32. The van der Waals surface area contributed by atoms with Crippen molar-refractivity contribution in [1.82, 2.24) is 0 Å². The second-order valence-electron chi connectivity index (χ2n) is 26.9. The van der Waals surface area contributed by atoms with E-state index < -0.39 is 97.5 Å².